The molecule has 0 atom stereocenters. The van der Waals surface area contributed by atoms with E-state index in [4.69, 9.17) is 21.1 Å². The maximum atomic E-state index is 12.9. The van der Waals surface area contributed by atoms with E-state index in [1.165, 1.54) is 0 Å². The minimum atomic E-state index is -1.73. The summed E-state index contributed by atoms with van der Waals surface area (Å²) in [7, 11) is 1.97. The molecule has 120 valence electrons. The molecular weight excluding hydrogens is 297 g/mol. The Labute approximate surface area is 119 Å². The average Bonchev–Trinajstić information content (AvgIpc) is 2.51. The molecule has 0 saturated carbocycles. The van der Waals surface area contributed by atoms with E-state index in [-0.39, 0.29) is 0 Å². The van der Waals surface area contributed by atoms with Crippen LogP contribution in [-0.4, -0.2) is 55.6 Å². The topological polar surface area (TPSA) is 95.9 Å². The van der Waals surface area contributed by atoms with Crippen LogP contribution < -0.4 is 15.9 Å². The average molecular weight is 313 g/mol. The summed E-state index contributed by atoms with van der Waals surface area (Å²) in [6, 6.07) is 0. The monoisotopic (exact) mass is 313 g/mol. The molecule has 0 bridgehead atoms. The maximum absolute atomic E-state index is 12.9. The van der Waals surface area contributed by atoms with E-state index in [0.717, 1.165) is 15.0 Å². The highest BCUT2D eigenvalue weighted by Gasteiger charge is 2.23. The molecule has 1 aromatic rings. The fraction of sp³-hybridized carbons (Fsp3) is 0.455. The molecule has 0 fully saturated rings. The quantitative estimate of drug-likeness (QED) is 0.227. The van der Waals surface area contributed by atoms with Gasteiger partial charge >= 0.3 is 0 Å². The van der Waals surface area contributed by atoms with Gasteiger partial charge in [0.2, 0.25) is 5.82 Å². The number of halogens is 4. The van der Waals surface area contributed by atoms with E-state index in [0.29, 0.717) is 0 Å². The summed E-state index contributed by atoms with van der Waals surface area (Å²) >= 11 is 0. The van der Waals surface area contributed by atoms with Crippen molar-refractivity contribution >= 4 is 13.3 Å². The first-order chi connectivity index (χ1) is 9.68. The van der Waals surface area contributed by atoms with Crippen LogP contribution in [0, 0.1) is 23.3 Å². The summed E-state index contributed by atoms with van der Waals surface area (Å²) in [5.41, 5.74) is 3.34. The van der Waals surface area contributed by atoms with E-state index in [2.05, 4.69) is 4.74 Å². The Kier molecular flexibility index (Phi) is 7.65. The summed E-state index contributed by atoms with van der Waals surface area (Å²) in [5, 5.41) is 25.0. The number of aliphatic hydroxyl groups is 3. The molecule has 0 aliphatic rings. The molecule has 0 aromatic heterocycles. The molecule has 0 spiro atoms. The van der Waals surface area contributed by atoms with Crippen LogP contribution >= 0.6 is 0 Å². The van der Waals surface area contributed by atoms with E-state index in [1.54, 1.807) is 0 Å². The first-order valence-electron chi connectivity index (χ1n) is 5.67. The largest absolute Gasteiger partial charge is 0.491 e. The predicted octanol–water partition coefficient (Wildman–Crippen LogP) is -1.83. The Morgan fingerprint density at radius 2 is 1.38 bits per heavy atom. The van der Waals surface area contributed by atoms with Crippen LogP contribution in [0.4, 0.5) is 17.6 Å². The van der Waals surface area contributed by atoms with Crippen molar-refractivity contribution in [2.24, 2.45) is 5.73 Å². The third-order valence-electron chi connectivity index (χ3n) is 2.59. The maximum Gasteiger partial charge on any atom is 0.206 e. The van der Waals surface area contributed by atoms with Crippen molar-refractivity contribution in [3.8, 4) is 5.75 Å². The molecule has 0 amide bonds. The molecule has 0 aliphatic carbocycles. The van der Waals surface area contributed by atoms with Crippen molar-refractivity contribution in [3.05, 3.63) is 23.3 Å². The Hall–Kier alpha value is -1.36. The SMILES string of the molecule is Bc1c(F)c(F)c(F)c(OC)c1F.NC(CO)(CO)CO. The summed E-state index contributed by atoms with van der Waals surface area (Å²) in [4.78, 5) is 0. The van der Waals surface area contributed by atoms with Gasteiger partial charge in [-0.25, -0.2) is 13.2 Å². The van der Waals surface area contributed by atoms with Gasteiger partial charge in [-0.1, -0.05) is 0 Å². The number of hydrogen-bond donors (Lipinski definition) is 4. The Morgan fingerprint density at radius 3 is 1.67 bits per heavy atom. The first kappa shape index (κ1) is 19.6. The highest BCUT2D eigenvalue weighted by molar-refractivity contribution is 6.32. The second-order valence-corrected chi connectivity index (χ2v) is 4.25. The van der Waals surface area contributed by atoms with Crippen molar-refractivity contribution < 1.29 is 37.6 Å². The highest BCUT2D eigenvalue weighted by Crippen LogP contribution is 2.23. The number of aliphatic hydroxyl groups excluding tert-OH is 3. The number of rotatable bonds is 4. The van der Waals surface area contributed by atoms with E-state index in [1.807, 2.05) is 0 Å². The Bertz CT molecular complexity index is 449. The van der Waals surface area contributed by atoms with Gasteiger partial charge in [-0.2, -0.15) is 4.39 Å². The van der Waals surface area contributed by atoms with Crippen LogP contribution in [0.25, 0.3) is 0 Å². The third kappa shape index (κ3) is 4.56. The lowest BCUT2D eigenvalue weighted by atomic mass is 9.94. The molecule has 0 radical (unpaired) electrons. The van der Waals surface area contributed by atoms with Gasteiger partial charge in [0.1, 0.15) is 7.85 Å². The zero-order valence-electron chi connectivity index (χ0n) is 11.5. The zero-order chi connectivity index (χ0) is 16.8. The van der Waals surface area contributed by atoms with E-state index < -0.39 is 59.8 Å². The van der Waals surface area contributed by atoms with Crippen LogP contribution in [0.15, 0.2) is 0 Å². The third-order valence-corrected chi connectivity index (χ3v) is 2.59. The lowest BCUT2D eigenvalue weighted by Gasteiger charge is -2.20. The molecule has 0 unspecified atom stereocenters. The molecule has 0 saturated heterocycles. The van der Waals surface area contributed by atoms with Crippen LogP contribution in [0.2, 0.25) is 0 Å². The van der Waals surface area contributed by atoms with Gasteiger partial charge in [-0.15, -0.1) is 0 Å². The minimum Gasteiger partial charge on any atom is -0.491 e. The van der Waals surface area contributed by atoms with Crippen LogP contribution in [0.1, 0.15) is 0 Å². The molecule has 0 heterocycles. The first-order valence-corrected chi connectivity index (χ1v) is 5.67. The molecule has 1 aromatic carbocycles. The highest BCUT2D eigenvalue weighted by atomic mass is 19.2. The fourth-order valence-corrected chi connectivity index (χ4v) is 1.05. The summed E-state index contributed by atoms with van der Waals surface area (Å²) in [6.45, 7) is -1.21. The minimum absolute atomic E-state index is 0.403. The summed E-state index contributed by atoms with van der Waals surface area (Å²) in [6.07, 6.45) is 0. The van der Waals surface area contributed by atoms with Crippen molar-refractivity contribution in [1.82, 2.24) is 0 Å². The Balaban J connectivity index is 0.000000433. The number of nitrogens with two attached hydrogens (primary N) is 1. The van der Waals surface area contributed by atoms with Crippen molar-refractivity contribution in [2.75, 3.05) is 26.9 Å². The predicted molar refractivity (Wildman–Crippen MR) is 69.2 cm³/mol. The van der Waals surface area contributed by atoms with E-state index >= 15 is 0 Å². The number of ether oxygens (including phenoxy) is 1. The normalized spacial score (nSPS) is 10.9. The lowest BCUT2D eigenvalue weighted by Crippen LogP contribution is -2.50. The molecule has 5 N–H and O–H groups in total. The van der Waals surface area contributed by atoms with Gasteiger partial charge in [-0.3, -0.25) is 0 Å². The van der Waals surface area contributed by atoms with E-state index in [9.17, 15) is 17.6 Å². The standard InChI is InChI=1S/C7H5BF4O.C4H11NO3/c1-13-7-4(10)2(8)3(9)5(11)6(7)12;5-4(1-6,2-7)3-8/h8H2,1H3;6-8H,1-3,5H2. The molecular formula is C11H16BF4NO4. The smallest absolute Gasteiger partial charge is 0.206 e. The molecule has 0 aliphatic heterocycles. The van der Waals surface area contributed by atoms with Gasteiger partial charge < -0.3 is 25.8 Å². The van der Waals surface area contributed by atoms with Crippen LogP contribution in [0.5, 0.6) is 5.75 Å². The number of methoxy groups -OCH3 is 1. The Morgan fingerprint density at radius 1 is 0.952 bits per heavy atom. The van der Waals surface area contributed by atoms with Crippen molar-refractivity contribution in [2.45, 2.75) is 5.54 Å². The summed E-state index contributed by atoms with van der Waals surface area (Å²) in [5.74, 6) is -7.04. The molecule has 10 heteroatoms. The molecule has 1 rings (SSSR count). The second-order valence-electron chi connectivity index (χ2n) is 4.25. The van der Waals surface area contributed by atoms with Gasteiger partial charge in [0.15, 0.2) is 23.2 Å². The van der Waals surface area contributed by atoms with Crippen LogP contribution in [0.3, 0.4) is 0 Å². The van der Waals surface area contributed by atoms with Crippen molar-refractivity contribution in [1.29, 1.82) is 0 Å². The number of hydrogen-bond acceptors (Lipinski definition) is 5. The van der Waals surface area contributed by atoms with Gasteiger partial charge in [0.25, 0.3) is 0 Å². The van der Waals surface area contributed by atoms with Crippen molar-refractivity contribution in [3.63, 3.8) is 0 Å². The molecule has 5 nitrogen and oxygen atoms in total. The van der Waals surface area contributed by atoms with Gasteiger partial charge in [-0.05, 0) is 5.46 Å². The molecule has 21 heavy (non-hydrogen) atoms. The number of benzene rings is 1. The van der Waals surface area contributed by atoms with Crippen LogP contribution in [-0.2, 0) is 0 Å². The van der Waals surface area contributed by atoms with Gasteiger partial charge in [0, 0.05) is 0 Å². The lowest BCUT2D eigenvalue weighted by molar-refractivity contribution is 0.0698. The zero-order valence-corrected chi connectivity index (χ0v) is 11.5. The summed E-state index contributed by atoms with van der Waals surface area (Å²) < 4.78 is 55.2. The second kappa shape index (κ2) is 8.18. The fourth-order valence-electron chi connectivity index (χ4n) is 1.05. The van der Waals surface area contributed by atoms with Gasteiger partial charge in [0.05, 0.1) is 32.5 Å².